The monoisotopic (exact) mass is 329 g/mol. The molecule has 0 saturated carbocycles. The highest BCUT2D eigenvalue weighted by Gasteiger charge is 2.22. The molecule has 0 bridgehead atoms. The van der Waals surface area contributed by atoms with E-state index in [1.807, 2.05) is 12.1 Å². The fourth-order valence-corrected chi connectivity index (χ4v) is 3.40. The van der Waals surface area contributed by atoms with Crippen LogP contribution in [-0.4, -0.2) is 25.7 Å². The molecule has 128 valence electrons. The van der Waals surface area contributed by atoms with Gasteiger partial charge < -0.3 is 10.1 Å². The summed E-state index contributed by atoms with van der Waals surface area (Å²) < 4.78 is 18.5. The summed E-state index contributed by atoms with van der Waals surface area (Å²) in [5.41, 5.74) is 2.34. The molecule has 0 radical (unpaired) electrons. The molecule has 1 atom stereocenters. The first-order valence-electron chi connectivity index (χ1n) is 8.71. The quantitative estimate of drug-likeness (QED) is 0.863. The highest BCUT2D eigenvalue weighted by atomic mass is 19.1. The van der Waals surface area contributed by atoms with Gasteiger partial charge in [0.1, 0.15) is 5.82 Å². The average molecular weight is 329 g/mol. The van der Waals surface area contributed by atoms with Gasteiger partial charge in [-0.05, 0) is 49.0 Å². The molecule has 1 aliphatic heterocycles. The number of halogens is 1. The minimum absolute atomic E-state index is 0.0774. The molecule has 1 amide bonds. The zero-order valence-corrected chi connectivity index (χ0v) is 13.8. The Morgan fingerprint density at radius 2 is 2.00 bits per heavy atom. The Hall–Kier alpha value is -1.94. The predicted molar refractivity (Wildman–Crippen MR) is 92.2 cm³/mol. The zero-order valence-electron chi connectivity index (χ0n) is 13.8. The van der Waals surface area contributed by atoms with Crippen LogP contribution in [0.3, 0.4) is 0 Å². The number of ether oxygens (including phenoxy) is 1. The summed E-state index contributed by atoms with van der Waals surface area (Å²) in [6, 6.07) is 6.69. The maximum atomic E-state index is 13.2. The topological polar surface area (TPSA) is 38.3 Å². The van der Waals surface area contributed by atoms with Crippen molar-refractivity contribution in [3.05, 3.63) is 59.4 Å². The van der Waals surface area contributed by atoms with E-state index >= 15 is 0 Å². The second-order valence-corrected chi connectivity index (χ2v) is 6.41. The van der Waals surface area contributed by atoms with Crippen LogP contribution in [0.25, 0.3) is 0 Å². The van der Waals surface area contributed by atoms with Crippen LogP contribution in [-0.2, 0) is 9.53 Å². The molecule has 3 nitrogen and oxygen atoms in total. The van der Waals surface area contributed by atoms with Crippen molar-refractivity contribution >= 4 is 5.91 Å². The van der Waals surface area contributed by atoms with Crippen molar-refractivity contribution in [2.75, 3.05) is 19.8 Å². The van der Waals surface area contributed by atoms with Crippen LogP contribution in [0.4, 0.5) is 4.39 Å². The largest absolute Gasteiger partial charge is 0.381 e. The Bertz CT molecular complexity index is 615. The summed E-state index contributed by atoms with van der Waals surface area (Å²) in [4.78, 5) is 12.2. The molecule has 1 N–H and O–H groups in total. The van der Waals surface area contributed by atoms with Gasteiger partial charge in [-0.15, -0.1) is 0 Å². The third kappa shape index (κ3) is 4.32. The lowest BCUT2D eigenvalue weighted by atomic mass is 9.88. The van der Waals surface area contributed by atoms with E-state index in [-0.39, 0.29) is 23.6 Å². The van der Waals surface area contributed by atoms with Gasteiger partial charge in [-0.1, -0.05) is 30.4 Å². The Morgan fingerprint density at radius 3 is 2.67 bits per heavy atom. The summed E-state index contributed by atoms with van der Waals surface area (Å²) in [6.45, 7) is 1.98. The molecule has 3 rings (SSSR count). The van der Waals surface area contributed by atoms with Gasteiger partial charge >= 0.3 is 0 Å². The lowest BCUT2D eigenvalue weighted by Crippen LogP contribution is -2.35. The van der Waals surface area contributed by atoms with E-state index in [9.17, 15) is 9.18 Å². The van der Waals surface area contributed by atoms with Crippen molar-refractivity contribution < 1.29 is 13.9 Å². The first kappa shape index (κ1) is 16.9. The fourth-order valence-electron chi connectivity index (χ4n) is 3.40. The van der Waals surface area contributed by atoms with E-state index in [4.69, 9.17) is 4.74 Å². The van der Waals surface area contributed by atoms with Gasteiger partial charge in [0.2, 0.25) is 5.91 Å². The highest BCUT2D eigenvalue weighted by Crippen LogP contribution is 2.31. The van der Waals surface area contributed by atoms with Gasteiger partial charge in [0.05, 0.1) is 0 Å². The average Bonchev–Trinajstić information content (AvgIpc) is 3.15. The van der Waals surface area contributed by atoms with Crippen molar-refractivity contribution in [2.24, 2.45) is 5.92 Å². The van der Waals surface area contributed by atoms with Crippen LogP contribution < -0.4 is 5.32 Å². The molecule has 1 saturated heterocycles. The third-order valence-corrected chi connectivity index (χ3v) is 4.80. The van der Waals surface area contributed by atoms with Gasteiger partial charge in [-0.25, -0.2) is 4.39 Å². The number of amides is 1. The van der Waals surface area contributed by atoms with Crippen LogP contribution in [0.15, 0.2) is 48.1 Å². The van der Waals surface area contributed by atoms with Crippen molar-refractivity contribution in [3.63, 3.8) is 0 Å². The van der Waals surface area contributed by atoms with E-state index in [0.29, 0.717) is 19.8 Å². The molecule has 0 aromatic heterocycles. The number of hydrogen-bond donors (Lipinski definition) is 1. The lowest BCUT2D eigenvalue weighted by Gasteiger charge is -2.22. The Labute approximate surface area is 142 Å². The van der Waals surface area contributed by atoms with E-state index in [2.05, 4.69) is 23.5 Å². The van der Waals surface area contributed by atoms with Crippen LogP contribution in [0.2, 0.25) is 0 Å². The number of nitrogens with one attached hydrogen (secondary N) is 1. The maximum Gasteiger partial charge on any atom is 0.223 e. The molecule has 2 aliphatic rings. The number of benzene rings is 1. The molecule has 1 aromatic carbocycles. The fraction of sp³-hybridized carbons (Fsp3) is 0.450. The van der Waals surface area contributed by atoms with E-state index in [1.165, 1.54) is 17.7 Å². The number of carbonyl (C=O) groups is 1. The summed E-state index contributed by atoms with van der Waals surface area (Å²) in [7, 11) is 0. The molecule has 24 heavy (non-hydrogen) atoms. The van der Waals surface area contributed by atoms with Gasteiger partial charge in [-0.2, -0.15) is 0 Å². The van der Waals surface area contributed by atoms with Gasteiger partial charge in [-0.3, -0.25) is 4.79 Å². The molecule has 1 heterocycles. The first-order chi connectivity index (χ1) is 11.7. The van der Waals surface area contributed by atoms with E-state index in [1.54, 1.807) is 0 Å². The summed E-state index contributed by atoms with van der Waals surface area (Å²) in [5.74, 6) is 0.182. The molecule has 1 aliphatic carbocycles. The lowest BCUT2D eigenvalue weighted by molar-refractivity contribution is -0.127. The maximum absolute atomic E-state index is 13.2. The molecule has 1 aromatic rings. The Kier molecular flexibility index (Phi) is 5.81. The standard InChI is InChI=1S/C20H24FNO2/c21-18-7-5-16(6-8-18)19(15-3-1-2-4-15)9-12-22-20(23)17-10-13-24-14-11-17/h1,3-8,17,19H,2,9-14H2,(H,22,23). The van der Waals surface area contributed by atoms with Crippen molar-refractivity contribution in [1.29, 1.82) is 0 Å². The van der Waals surface area contributed by atoms with E-state index < -0.39 is 0 Å². The summed E-state index contributed by atoms with van der Waals surface area (Å²) in [5, 5.41) is 3.07. The minimum Gasteiger partial charge on any atom is -0.381 e. The van der Waals surface area contributed by atoms with Crippen LogP contribution >= 0.6 is 0 Å². The number of allylic oxidation sites excluding steroid dienone is 4. The van der Waals surface area contributed by atoms with Crippen molar-refractivity contribution in [3.8, 4) is 0 Å². The van der Waals surface area contributed by atoms with E-state index in [0.717, 1.165) is 31.2 Å². The zero-order chi connectivity index (χ0) is 16.8. The highest BCUT2D eigenvalue weighted by molar-refractivity contribution is 5.78. The third-order valence-electron chi connectivity index (χ3n) is 4.80. The summed E-state index contributed by atoms with van der Waals surface area (Å²) in [6.07, 6.45) is 9.84. The van der Waals surface area contributed by atoms with Crippen molar-refractivity contribution in [1.82, 2.24) is 5.32 Å². The number of carbonyl (C=O) groups excluding carboxylic acids is 1. The second-order valence-electron chi connectivity index (χ2n) is 6.41. The van der Waals surface area contributed by atoms with Crippen LogP contribution in [0.5, 0.6) is 0 Å². The SMILES string of the molecule is O=C(NCCC(C1=CCC=C1)c1ccc(F)cc1)C1CCOCC1. The second kappa shape index (κ2) is 8.25. The van der Waals surface area contributed by atoms with Crippen LogP contribution in [0, 0.1) is 11.7 Å². The number of rotatable bonds is 6. The first-order valence-corrected chi connectivity index (χ1v) is 8.71. The molecular formula is C20H24FNO2. The van der Waals surface area contributed by atoms with Crippen LogP contribution in [0.1, 0.15) is 37.2 Å². The summed E-state index contributed by atoms with van der Waals surface area (Å²) >= 11 is 0. The van der Waals surface area contributed by atoms with Crippen molar-refractivity contribution in [2.45, 2.75) is 31.6 Å². The molecule has 1 unspecified atom stereocenters. The normalized spacial score (nSPS) is 19.1. The molecule has 1 fully saturated rings. The van der Waals surface area contributed by atoms with Gasteiger partial charge in [0.15, 0.2) is 0 Å². The minimum atomic E-state index is -0.221. The smallest absolute Gasteiger partial charge is 0.223 e. The predicted octanol–water partition coefficient (Wildman–Crippen LogP) is 3.73. The Balaban J connectivity index is 1.59. The number of hydrogen-bond acceptors (Lipinski definition) is 2. The van der Waals surface area contributed by atoms with Gasteiger partial charge in [0.25, 0.3) is 0 Å². The Morgan fingerprint density at radius 1 is 1.25 bits per heavy atom. The van der Waals surface area contributed by atoms with Gasteiger partial charge in [0, 0.05) is 31.6 Å². The molecular weight excluding hydrogens is 305 g/mol. The molecule has 0 spiro atoms. The molecule has 4 heteroatoms.